The summed E-state index contributed by atoms with van der Waals surface area (Å²) in [6.07, 6.45) is 1.17. The first-order valence-corrected chi connectivity index (χ1v) is 7.73. The predicted molar refractivity (Wildman–Crippen MR) is 86.7 cm³/mol. The lowest BCUT2D eigenvalue weighted by Crippen LogP contribution is -2.39. The van der Waals surface area contributed by atoms with Gasteiger partial charge in [-0.05, 0) is 32.0 Å². The van der Waals surface area contributed by atoms with E-state index in [1.807, 2.05) is 0 Å². The molecule has 1 aliphatic rings. The second-order valence-electron chi connectivity index (χ2n) is 6.26. The SMILES string of the molecule is CC(C)(CNC(=O)c1ncoc1-c1ccc2c(c1)OCCO2)C(=O)O. The molecule has 8 nitrogen and oxygen atoms in total. The number of carboxylic acid groups (broad SMARTS) is 1. The minimum atomic E-state index is -1.09. The van der Waals surface area contributed by atoms with Gasteiger partial charge in [-0.3, -0.25) is 9.59 Å². The van der Waals surface area contributed by atoms with Gasteiger partial charge in [0.2, 0.25) is 0 Å². The molecule has 3 rings (SSSR count). The number of nitrogens with zero attached hydrogens (tertiary/aromatic N) is 1. The van der Waals surface area contributed by atoms with Gasteiger partial charge in [0.05, 0.1) is 5.41 Å². The predicted octanol–water partition coefficient (Wildman–Crippen LogP) is 1.95. The lowest BCUT2D eigenvalue weighted by atomic mass is 9.94. The normalized spacial score (nSPS) is 13.4. The Bertz CT molecular complexity index is 811. The molecule has 0 saturated heterocycles. The minimum Gasteiger partial charge on any atom is -0.486 e. The van der Waals surface area contributed by atoms with Crippen molar-refractivity contribution in [2.24, 2.45) is 5.41 Å². The number of carboxylic acids is 1. The fraction of sp³-hybridized carbons (Fsp3) is 0.353. The van der Waals surface area contributed by atoms with E-state index in [-0.39, 0.29) is 18.0 Å². The third-order valence-electron chi connectivity index (χ3n) is 3.86. The number of oxazole rings is 1. The Balaban J connectivity index is 1.81. The van der Waals surface area contributed by atoms with E-state index in [1.54, 1.807) is 18.2 Å². The summed E-state index contributed by atoms with van der Waals surface area (Å²) in [5, 5.41) is 11.7. The molecular weight excluding hydrogens is 328 g/mol. The van der Waals surface area contributed by atoms with Gasteiger partial charge in [0.25, 0.3) is 5.91 Å². The molecule has 0 aliphatic carbocycles. The summed E-state index contributed by atoms with van der Waals surface area (Å²) in [6.45, 7) is 3.96. The summed E-state index contributed by atoms with van der Waals surface area (Å²) >= 11 is 0. The van der Waals surface area contributed by atoms with Gasteiger partial charge in [0, 0.05) is 12.1 Å². The third kappa shape index (κ3) is 3.42. The molecule has 25 heavy (non-hydrogen) atoms. The van der Waals surface area contributed by atoms with Gasteiger partial charge in [-0.2, -0.15) is 0 Å². The number of ether oxygens (including phenoxy) is 2. The van der Waals surface area contributed by atoms with Crippen molar-refractivity contribution >= 4 is 11.9 Å². The van der Waals surface area contributed by atoms with E-state index in [9.17, 15) is 9.59 Å². The molecule has 132 valence electrons. The first-order chi connectivity index (χ1) is 11.9. The second-order valence-corrected chi connectivity index (χ2v) is 6.26. The lowest BCUT2D eigenvalue weighted by molar-refractivity contribution is -0.146. The molecule has 0 bridgehead atoms. The molecule has 1 aliphatic heterocycles. The zero-order chi connectivity index (χ0) is 18.0. The van der Waals surface area contributed by atoms with Crippen LogP contribution in [0.5, 0.6) is 11.5 Å². The smallest absolute Gasteiger partial charge is 0.310 e. The van der Waals surface area contributed by atoms with E-state index in [0.717, 1.165) is 0 Å². The van der Waals surface area contributed by atoms with E-state index >= 15 is 0 Å². The average molecular weight is 346 g/mol. The number of fused-ring (bicyclic) bond motifs is 1. The maximum atomic E-state index is 12.4. The van der Waals surface area contributed by atoms with Crippen molar-refractivity contribution in [3.05, 3.63) is 30.3 Å². The van der Waals surface area contributed by atoms with Crippen LogP contribution in [0.2, 0.25) is 0 Å². The molecule has 8 heteroatoms. The van der Waals surface area contributed by atoms with E-state index < -0.39 is 17.3 Å². The quantitative estimate of drug-likeness (QED) is 0.851. The van der Waals surface area contributed by atoms with E-state index in [0.29, 0.717) is 30.3 Å². The summed E-state index contributed by atoms with van der Waals surface area (Å²) in [4.78, 5) is 27.5. The molecule has 0 atom stereocenters. The number of aliphatic carboxylic acids is 1. The molecule has 0 radical (unpaired) electrons. The molecule has 1 aromatic heterocycles. The Labute approximate surface area is 143 Å². The van der Waals surface area contributed by atoms with Crippen LogP contribution in [0.1, 0.15) is 24.3 Å². The fourth-order valence-electron chi connectivity index (χ4n) is 2.26. The van der Waals surface area contributed by atoms with E-state index in [4.69, 9.17) is 19.0 Å². The lowest BCUT2D eigenvalue weighted by Gasteiger charge is -2.19. The Morgan fingerprint density at radius 1 is 1.24 bits per heavy atom. The van der Waals surface area contributed by atoms with Crippen LogP contribution < -0.4 is 14.8 Å². The summed E-state index contributed by atoms with van der Waals surface area (Å²) in [6, 6.07) is 5.19. The van der Waals surface area contributed by atoms with Gasteiger partial charge >= 0.3 is 5.97 Å². The highest BCUT2D eigenvalue weighted by Gasteiger charge is 2.29. The van der Waals surface area contributed by atoms with Crippen LogP contribution in [-0.4, -0.2) is 41.7 Å². The number of hydrogen-bond donors (Lipinski definition) is 2. The van der Waals surface area contributed by atoms with Crippen molar-refractivity contribution in [2.75, 3.05) is 19.8 Å². The van der Waals surface area contributed by atoms with E-state index in [2.05, 4.69) is 10.3 Å². The number of carbonyl (C=O) groups is 2. The van der Waals surface area contributed by atoms with E-state index in [1.165, 1.54) is 20.2 Å². The van der Waals surface area contributed by atoms with Crippen molar-refractivity contribution in [2.45, 2.75) is 13.8 Å². The largest absolute Gasteiger partial charge is 0.486 e. The summed E-state index contributed by atoms with van der Waals surface area (Å²) in [5.74, 6) is -0.0298. The van der Waals surface area contributed by atoms with Crippen molar-refractivity contribution in [1.29, 1.82) is 0 Å². The molecule has 1 aromatic carbocycles. The molecule has 0 fully saturated rings. The summed E-state index contributed by atoms with van der Waals surface area (Å²) in [7, 11) is 0. The van der Waals surface area contributed by atoms with Crippen LogP contribution in [0.15, 0.2) is 29.0 Å². The monoisotopic (exact) mass is 346 g/mol. The molecule has 0 spiro atoms. The zero-order valence-electron chi connectivity index (χ0n) is 13.9. The highest BCUT2D eigenvalue weighted by Crippen LogP contribution is 2.35. The minimum absolute atomic E-state index is 0.0331. The van der Waals surface area contributed by atoms with Gasteiger partial charge < -0.3 is 24.3 Å². The van der Waals surface area contributed by atoms with Crippen LogP contribution in [0.3, 0.4) is 0 Å². The van der Waals surface area contributed by atoms with Gasteiger partial charge in [0.15, 0.2) is 29.3 Å². The third-order valence-corrected chi connectivity index (χ3v) is 3.86. The van der Waals surface area contributed by atoms with Gasteiger partial charge in [-0.15, -0.1) is 0 Å². The molecule has 2 N–H and O–H groups in total. The van der Waals surface area contributed by atoms with Crippen LogP contribution in [0, 0.1) is 5.41 Å². The van der Waals surface area contributed by atoms with Crippen molar-refractivity contribution in [1.82, 2.24) is 10.3 Å². The standard InChI is InChI=1S/C17H18N2O6/c1-17(2,16(21)22)8-18-15(20)13-14(25-9-19-13)10-3-4-11-12(7-10)24-6-5-23-11/h3-4,7,9H,5-6,8H2,1-2H3,(H,18,20)(H,21,22). The van der Waals surface area contributed by atoms with Crippen LogP contribution in [0.4, 0.5) is 0 Å². The van der Waals surface area contributed by atoms with Gasteiger partial charge in [-0.1, -0.05) is 0 Å². The second kappa shape index (κ2) is 6.46. The number of rotatable bonds is 5. The Morgan fingerprint density at radius 3 is 2.68 bits per heavy atom. The average Bonchev–Trinajstić information content (AvgIpc) is 3.09. The highest BCUT2D eigenvalue weighted by molar-refractivity contribution is 5.98. The van der Waals surface area contributed by atoms with Crippen molar-refractivity contribution < 1.29 is 28.6 Å². The van der Waals surface area contributed by atoms with Crippen LogP contribution >= 0.6 is 0 Å². The first-order valence-electron chi connectivity index (χ1n) is 7.73. The van der Waals surface area contributed by atoms with Crippen molar-refractivity contribution in [3.63, 3.8) is 0 Å². The van der Waals surface area contributed by atoms with Crippen LogP contribution in [-0.2, 0) is 4.79 Å². The zero-order valence-corrected chi connectivity index (χ0v) is 13.9. The summed E-state index contributed by atoms with van der Waals surface area (Å²) < 4.78 is 16.4. The number of aromatic nitrogens is 1. The molecule has 1 amide bonds. The molecule has 0 unspecified atom stereocenters. The maximum Gasteiger partial charge on any atom is 0.310 e. The van der Waals surface area contributed by atoms with Gasteiger partial charge in [-0.25, -0.2) is 4.98 Å². The number of nitrogens with one attached hydrogen (secondary N) is 1. The molecular formula is C17H18N2O6. The Morgan fingerprint density at radius 2 is 1.96 bits per heavy atom. The highest BCUT2D eigenvalue weighted by atomic mass is 16.6. The Hall–Kier alpha value is -3.03. The van der Waals surface area contributed by atoms with Gasteiger partial charge in [0.1, 0.15) is 13.2 Å². The fourth-order valence-corrected chi connectivity index (χ4v) is 2.26. The Kier molecular flexibility index (Phi) is 4.35. The number of benzene rings is 1. The summed E-state index contributed by atoms with van der Waals surface area (Å²) in [5.41, 5.74) is -0.390. The molecule has 0 saturated carbocycles. The molecule has 2 heterocycles. The number of amides is 1. The van der Waals surface area contributed by atoms with Crippen molar-refractivity contribution in [3.8, 4) is 22.8 Å². The first kappa shape index (κ1) is 16.8. The van der Waals surface area contributed by atoms with Crippen LogP contribution in [0.25, 0.3) is 11.3 Å². The number of carbonyl (C=O) groups excluding carboxylic acids is 1. The number of hydrogen-bond acceptors (Lipinski definition) is 6. The molecule has 2 aromatic rings. The maximum absolute atomic E-state index is 12.4. The topological polar surface area (TPSA) is 111 Å².